The molecule has 0 aliphatic rings. The summed E-state index contributed by atoms with van der Waals surface area (Å²) in [7, 11) is 0. The van der Waals surface area contributed by atoms with Crippen molar-refractivity contribution in [2.24, 2.45) is 0 Å². The van der Waals surface area contributed by atoms with Gasteiger partial charge in [0.15, 0.2) is 6.61 Å². The van der Waals surface area contributed by atoms with E-state index in [0.29, 0.717) is 28.0 Å². The number of amides is 1. The van der Waals surface area contributed by atoms with Crippen molar-refractivity contribution in [2.45, 2.75) is 6.54 Å². The second-order valence-electron chi connectivity index (χ2n) is 5.31. The first-order valence-corrected chi connectivity index (χ1v) is 8.30. The normalized spacial score (nSPS) is 10.5. The summed E-state index contributed by atoms with van der Waals surface area (Å²) >= 11 is 11.7. The maximum absolute atomic E-state index is 12.0. The van der Waals surface area contributed by atoms with E-state index in [0.717, 1.165) is 5.56 Å². The number of carbonyl (C=O) groups is 1. The van der Waals surface area contributed by atoms with Crippen LogP contribution in [0.5, 0.6) is 5.75 Å². The molecular weight excluding hydrogens is 361 g/mol. The van der Waals surface area contributed by atoms with Crippen LogP contribution >= 0.6 is 23.2 Å². The van der Waals surface area contributed by atoms with Crippen molar-refractivity contribution in [2.75, 3.05) is 11.9 Å². The molecule has 0 radical (unpaired) electrons. The smallest absolute Gasteiger partial charge is 0.262 e. The molecule has 0 aliphatic heterocycles. The third kappa shape index (κ3) is 4.98. The van der Waals surface area contributed by atoms with Crippen molar-refractivity contribution in [3.8, 4) is 5.75 Å². The van der Waals surface area contributed by atoms with Gasteiger partial charge in [-0.1, -0.05) is 35.3 Å². The van der Waals surface area contributed by atoms with Gasteiger partial charge in [0.25, 0.3) is 5.91 Å². The fraction of sp³-hybridized carbons (Fsp3) is 0.111. The molecular formula is C18H15Cl2N3O2. The van der Waals surface area contributed by atoms with Crippen molar-refractivity contribution < 1.29 is 9.53 Å². The van der Waals surface area contributed by atoms with Gasteiger partial charge in [0, 0.05) is 24.1 Å². The first-order valence-electron chi connectivity index (χ1n) is 7.54. The largest absolute Gasteiger partial charge is 0.484 e. The van der Waals surface area contributed by atoms with Crippen LogP contribution in [0.4, 0.5) is 5.69 Å². The van der Waals surface area contributed by atoms with E-state index in [1.807, 2.05) is 41.2 Å². The zero-order valence-electron chi connectivity index (χ0n) is 13.2. The van der Waals surface area contributed by atoms with Gasteiger partial charge in [0.1, 0.15) is 5.75 Å². The van der Waals surface area contributed by atoms with Crippen molar-refractivity contribution >= 4 is 34.8 Å². The van der Waals surface area contributed by atoms with Crippen molar-refractivity contribution in [1.29, 1.82) is 0 Å². The second kappa shape index (κ2) is 8.05. The van der Waals surface area contributed by atoms with Gasteiger partial charge in [-0.05, 0) is 35.9 Å². The summed E-state index contributed by atoms with van der Waals surface area (Å²) in [6.07, 6.45) is 3.64. The minimum Gasteiger partial charge on any atom is -0.484 e. The maximum Gasteiger partial charge on any atom is 0.262 e. The molecule has 1 amide bonds. The number of halogens is 2. The van der Waals surface area contributed by atoms with Crippen LogP contribution in [0.3, 0.4) is 0 Å². The highest BCUT2D eigenvalue weighted by Gasteiger charge is 2.06. The number of rotatable bonds is 6. The first kappa shape index (κ1) is 17.3. The standard InChI is InChI=1S/C18H15Cl2N3O2/c19-16-7-6-15(10-17(16)20)25-12-18(24)22-14-4-2-13(3-5-14)11-23-9-1-8-21-23/h1-10H,11-12H2,(H,22,24). The van der Waals surface area contributed by atoms with Crippen molar-refractivity contribution in [1.82, 2.24) is 9.78 Å². The zero-order valence-corrected chi connectivity index (χ0v) is 14.7. The summed E-state index contributed by atoms with van der Waals surface area (Å²) in [4.78, 5) is 12.0. The van der Waals surface area contributed by atoms with E-state index in [9.17, 15) is 4.79 Å². The molecule has 7 heteroatoms. The van der Waals surface area contributed by atoms with E-state index < -0.39 is 0 Å². The van der Waals surface area contributed by atoms with Crippen LogP contribution < -0.4 is 10.1 Å². The zero-order chi connectivity index (χ0) is 17.6. The van der Waals surface area contributed by atoms with Crippen LogP contribution in [0, 0.1) is 0 Å². The number of carbonyl (C=O) groups excluding carboxylic acids is 1. The molecule has 1 heterocycles. The Morgan fingerprint density at radius 2 is 1.92 bits per heavy atom. The molecule has 0 bridgehead atoms. The molecule has 0 saturated heterocycles. The summed E-state index contributed by atoms with van der Waals surface area (Å²) in [6, 6.07) is 14.3. The highest BCUT2D eigenvalue weighted by atomic mass is 35.5. The Morgan fingerprint density at radius 3 is 2.60 bits per heavy atom. The van der Waals surface area contributed by atoms with E-state index in [1.165, 1.54) is 0 Å². The number of nitrogens with zero attached hydrogens (tertiary/aromatic N) is 2. The van der Waals surface area contributed by atoms with Crippen LogP contribution in [0.15, 0.2) is 60.9 Å². The fourth-order valence-electron chi connectivity index (χ4n) is 2.19. The van der Waals surface area contributed by atoms with Crippen LogP contribution in [0.25, 0.3) is 0 Å². The highest BCUT2D eigenvalue weighted by Crippen LogP contribution is 2.26. The Morgan fingerprint density at radius 1 is 1.12 bits per heavy atom. The number of nitrogens with one attached hydrogen (secondary N) is 1. The number of ether oxygens (including phenoxy) is 1. The minimum atomic E-state index is -0.258. The van der Waals surface area contributed by atoms with Gasteiger partial charge in [-0.3, -0.25) is 9.48 Å². The number of anilines is 1. The molecule has 0 unspecified atom stereocenters. The van der Waals surface area contributed by atoms with Crippen LogP contribution in [-0.2, 0) is 11.3 Å². The summed E-state index contributed by atoms with van der Waals surface area (Å²) in [5.74, 6) is 0.227. The molecule has 1 N–H and O–H groups in total. The molecule has 25 heavy (non-hydrogen) atoms. The lowest BCUT2D eigenvalue weighted by molar-refractivity contribution is -0.118. The first-order chi connectivity index (χ1) is 12.1. The third-order valence-corrected chi connectivity index (χ3v) is 4.14. The van der Waals surface area contributed by atoms with E-state index in [2.05, 4.69) is 10.4 Å². The lowest BCUT2D eigenvalue weighted by Crippen LogP contribution is -2.20. The monoisotopic (exact) mass is 375 g/mol. The van der Waals surface area contributed by atoms with Gasteiger partial charge in [-0.15, -0.1) is 0 Å². The predicted molar refractivity (Wildman–Crippen MR) is 98.4 cm³/mol. The Balaban J connectivity index is 1.51. The third-order valence-electron chi connectivity index (χ3n) is 3.40. The lowest BCUT2D eigenvalue weighted by atomic mass is 10.2. The summed E-state index contributed by atoms with van der Waals surface area (Å²) in [5.41, 5.74) is 1.79. The minimum absolute atomic E-state index is 0.118. The van der Waals surface area contributed by atoms with Crippen LogP contribution in [0.1, 0.15) is 5.56 Å². The van der Waals surface area contributed by atoms with E-state index in [-0.39, 0.29) is 12.5 Å². The van der Waals surface area contributed by atoms with Crippen molar-refractivity contribution in [3.63, 3.8) is 0 Å². The summed E-state index contributed by atoms with van der Waals surface area (Å²) in [6.45, 7) is 0.564. The summed E-state index contributed by atoms with van der Waals surface area (Å²) in [5, 5.41) is 7.76. The topological polar surface area (TPSA) is 56.1 Å². The highest BCUT2D eigenvalue weighted by molar-refractivity contribution is 6.42. The molecule has 128 valence electrons. The molecule has 0 fully saturated rings. The van der Waals surface area contributed by atoms with E-state index >= 15 is 0 Å². The van der Waals surface area contributed by atoms with E-state index in [1.54, 1.807) is 24.4 Å². The molecule has 2 aromatic carbocycles. The molecule has 0 atom stereocenters. The molecule has 1 aromatic heterocycles. The van der Waals surface area contributed by atoms with Gasteiger partial charge >= 0.3 is 0 Å². The molecule has 0 spiro atoms. The van der Waals surface area contributed by atoms with Gasteiger partial charge in [0.2, 0.25) is 0 Å². The molecule has 3 rings (SSSR count). The fourth-order valence-corrected chi connectivity index (χ4v) is 2.48. The lowest BCUT2D eigenvalue weighted by Gasteiger charge is -2.09. The number of benzene rings is 2. The average Bonchev–Trinajstić information content (AvgIpc) is 3.11. The Hall–Kier alpha value is -2.50. The average molecular weight is 376 g/mol. The van der Waals surface area contributed by atoms with Gasteiger partial charge in [-0.25, -0.2) is 0 Å². The second-order valence-corrected chi connectivity index (χ2v) is 6.13. The summed E-state index contributed by atoms with van der Waals surface area (Å²) < 4.78 is 7.23. The SMILES string of the molecule is O=C(COc1ccc(Cl)c(Cl)c1)Nc1ccc(Cn2cccn2)cc1. The Bertz CT molecular complexity index is 849. The van der Waals surface area contributed by atoms with Crippen molar-refractivity contribution in [3.05, 3.63) is 76.5 Å². The van der Waals surface area contributed by atoms with Crippen LogP contribution in [0.2, 0.25) is 10.0 Å². The number of hydrogen-bond donors (Lipinski definition) is 1. The van der Waals surface area contributed by atoms with E-state index in [4.69, 9.17) is 27.9 Å². The Labute approximate surface area is 155 Å². The Kier molecular flexibility index (Phi) is 5.58. The predicted octanol–water partition coefficient (Wildman–Crippen LogP) is 4.26. The van der Waals surface area contributed by atoms with Gasteiger partial charge < -0.3 is 10.1 Å². The molecule has 5 nitrogen and oxygen atoms in total. The number of aromatic nitrogens is 2. The number of hydrogen-bond acceptors (Lipinski definition) is 3. The van der Waals surface area contributed by atoms with Gasteiger partial charge in [-0.2, -0.15) is 5.10 Å². The van der Waals surface area contributed by atoms with Crippen LogP contribution in [-0.4, -0.2) is 22.3 Å². The quantitative estimate of drug-likeness (QED) is 0.700. The molecule has 0 aliphatic carbocycles. The maximum atomic E-state index is 12.0. The van der Waals surface area contributed by atoms with Gasteiger partial charge in [0.05, 0.1) is 16.6 Å². The molecule has 0 saturated carbocycles. The molecule has 3 aromatic rings.